The largest absolute Gasteiger partial charge is 0.478 e. The summed E-state index contributed by atoms with van der Waals surface area (Å²) in [6.45, 7) is 4.34. The van der Waals surface area contributed by atoms with Gasteiger partial charge in [0.1, 0.15) is 12.2 Å². The molecule has 2 atom stereocenters. The molecule has 10 heteroatoms. The van der Waals surface area contributed by atoms with Crippen LogP contribution in [0.5, 0.6) is 0 Å². The maximum absolute atomic E-state index is 11.9. The van der Waals surface area contributed by atoms with Crippen molar-refractivity contribution in [2.75, 3.05) is 0 Å². The van der Waals surface area contributed by atoms with Crippen LogP contribution in [0, 0.1) is 0 Å². The molecule has 0 amide bonds. The zero-order valence-corrected chi connectivity index (χ0v) is 31.8. The fourth-order valence-corrected chi connectivity index (χ4v) is 7.81. The standard InChI is InChI=1S/C46H48N4O6/c1-3-5-7-9-11-31-33-21-24-36(47-33)39(27-13-17-29(18-14-27)45(53)54)37-25-23-35(49-37)32(12-10-8-6-4-2)41-43(51)44(52)42(50-41)40(38-26-22-34(31)48-38)28-15-19-30(20-16-28)46(55)56/h13-26,43-44,48-49,51-52H,3-12H2,1-2H3,(H,53,54)(H,55,56)/t43?,44-/m1/s1. The lowest BCUT2D eigenvalue weighted by molar-refractivity contribution is 0.0252. The van der Waals surface area contributed by atoms with Crippen molar-refractivity contribution in [2.45, 2.75) is 90.3 Å². The van der Waals surface area contributed by atoms with Crippen molar-refractivity contribution in [1.82, 2.24) is 19.9 Å². The van der Waals surface area contributed by atoms with Gasteiger partial charge in [0.15, 0.2) is 0 Å². The van der Waals surface area contributed by atoms with Gasteiger partial charge in [-0.3, -0.25) is 4.98 Å². The molecule has 288 valence electrons. The summed E-state index contributed by atoms with van der Waals surface area (Å²) >= 11 is 0. The molecule has 7 rings (SSSR count). The Hall–Kier alpha value is -5.84. The number of hydrogen-bond donors (Lipinski definition) is 6. The normalized spacial score (nSPS) is 15.0. The van der Waals surface area contributed by atoms with Crippen LogP contribution in [0.1, 0.15) is 132 Å². The number of aromatic carboxylic acids is 2. The van der Waals surface area contributed by atoms with Crippen LogP contribution in [0.4, 0.5) is 0 Å². The fraction of sp³-hybridized carbons (Fsp3) is 0.304. The van der Waals surface area contributed by atoms with Gasteiger partial charge < -0.3 is 30.4 Å². The Bertz CT molecular complexity index is 2440. The van der Waals surface area contributed by atoms with Crippen molar-refractivity contribution in [3.05, 3.63) is 118 Å². The second-order valence-corrected chi connectivity index (χ2v) is 14.7. The van der Waals surface area contributed by atoms with E-state index in [9.17, 15) is 30.0 Å². The number of H-pyrrole nitrogens is 2. The summed E-state index contributed by atoms with van der Waals surface area (Å²) in [5, 5.41) is 43.0. The van der Waals surface area contributed by atoms with Crippen molar-refractivity contribution >= 4 is 46.2 Å². The molecule has 2 aromatic carbocycles. The van der Waals surface area contributed by atoms with Crippen LogP contribution < -0.4 is 0 Å². The third-order valence-corrected chi connectivity index (χ3v) is 10.8. The SMILES string of the molecule is CCCCCCc1c2nc(c(-c3ccc(C(=O)O)cc3)c3ccc([nH]3)c(CCCCCC)c3nc(c(-c4ccc(C(=O)O)cc4)c4ccc1[nH]4)[C@@H](O)C3O)C=C2. The van der Waals surface area contributed by atoms with E-state index < -0.39 is 24.1 Å². The quantitative estimate of drug-likeness (QED) is 0.0597. The molecule has 10 nitrogen and oxygen atoms in total. The number of aromatic nitrogens is 4. The highest BCUT2D eigenvalue weighted by molar-refractivity contribution is 5.94. The van der Waals surface area contributed by atoms with Gasteiger partial charge in [-0.15, -0.1) is 0 Å². The predicted molar refractivity (Wildman–Crippen MR) is 220 cm³/mol. The van der Waals surface area contributed by atoms with Crippen LogP contribution in [0.2, 0.25) is 0 Å². The van der Waals surface area contributed by atoms with Crippen molar-refractivity contribution in [3.63, 3.8) is 0 Å². The first-order valence-corrected chi connectivity index (χ1v) is 19.7. The molecular formula is C46H48N4O6. The molecule has 5 aromatic rings. The molecule has 1 unspecified atom stereocenters. The summed E-state index contributed by atoms with van der Waals surface area (Å²) in [7, 11) is 0. The number of unbranched alkanes of at least 4 members (excludes halogenated alkanes) is 6. The highest BCUT2D eigenvalue weighted by atomic mass is 16.4. The Balaban J connectivity index is 1.59. The molecule has 0 aliphatic carbocycles. The molecule has 2 aliphatic rings. The van der Waals surface area contributed by atoms with Crippen LogP contribution in [0.25, 0.3) is 56.5 Å². The minimum Gasteiger partial charge on any atom is -0.478 e. The van der Waals surface area contributed by atoms with E-state index in [2.05, 4.69) is 23.8 Å². The molecule has 0 fully saturated rings. The number of aryl methyl sites for hydroxylation is 2. The highest BCUT2D eigenvalue weighted by Gasteiger charge is 2.34. The minimum absolute atomic E-state index is 0.135. The smallest absolute Gasteiger partial charge is 0.335 e. The van der Waals surface area contributed by atoms with Crippen LogP contribution in [-0.2, 0) is 12.8 Å². The van der Waals surface area contributed by atoms with Gasteiger partial charge in [0.25, 0.3) is 0 Å². The summed E-state index contributed by atoms with van der Waals surface area (Å²) in [4.78, 5) is 41.1. The van der Waals surface area contributed by atoms with Crippen LogP contribution in [0.15, 0.2) is 72.8 Å². The molecule has 0 saturated heterocycles. The fourth-order valence-electron chi connectivity index (χ4n) is 7.81. The number of fused-ring (bicyclic) bond motifs is 8. The number of aliphatic hydroxyl groups is 2. The van der Waals surface area contributed by atoms with E-state index in [1.54, 1.807) is 36.4 Å². The van der Waals surface area contributed by atoms with E-state index in [-0.39, 0.29) is 16.8 Å². The van der Waals surface area contributed by atoms with Gasteiger partial charge >= 0.3 is 11.9 Å². The Morgan fingerprint density at radius 1 is 0.536 bits per heavy atom. The van der Waals surface area contributed by atoms with Crippen LogP contribution in [-0.4, -0.2) is 52.3 Å². The molecule has 2 aliphatic heterocycles. The van der Waals surface area contributed by atoms with Gasteiger partial charge in [-0.05, 0) is 103 Å². The number of aromatic amines is 2. The topological polar surface area (TPSA) is 172 Å². The molecule has 6 N–H and O–H groups in total. The Morgan fingerprint density at radius 3 is 1.55 bits per heavy atom. The van der Waals surface area contributed by atoms with Crippen molar-refractivity contribution in [1.29, 1.82) is 0 Å². The highest BCUT2D eigenvalue weighted by Crippen LogP contribution is 2.42. The maximum atomic E-state index is 11.9. The van der Waals surface area contributed by atoms with E-state index in [1.165, 1.54) is 12.1 Å². The minimum atomic E-state index is -1.35. The van der Waals surface area contributed by atoms with Crippen molar-refractivity contribution in [3.8, 4) is 22.3 Å². The van der Waals surface area contributed by atoms with Gasteiger partial charge in [-0.2, -0.15) is 0 Å². The zero-order valence-electron chi connectivity index (χ0n) is 31.8. The van der Waals surface area contributed by atoms with Gasteiger partial charge in [-0.1, -0.05) is 76.6 Å². The van der Waals surface area contributed by atoms with E-state index in [4.69, 9.17) is 9.97 Å². The summed E-state index contributed by atoms with van der Waals surface area (Å²) in [5.74, 6) is -2.04. The number of carboxylic acid groups (broad SMARTS) is 2. The molecule has 5 heterocycles. The van der Waals surface area contributed by atoms with Crippen molar-refractivity contribution < 1.29 is 30.0 Å². The first-order valence-electron chi connectivity index (χ1n) is 19.7. The summed E-state index contributed by atoms with van der Waals surface area (Å²) < 4.78 is 0. The number of aliphatic hydroxyl groups excluding tert-OH is 2. The summed E-state index contributed by atoms with van der Waals surface area (Å²) in [6, 6.07) is 21.2. The Morgan fingerprint density at radius 2 is 1.00 bits per heavy atom. The molecule has 0 saturated carbocycles. The summed E-state index contributed by atoms with van der Waals surface area (Å²) in [5.41, 5.74) is 10.2. The van der Waals surface area contributed by atoms with Gasteiger partial charge in [0.2, 0.25) is 0 Å². The van der Waals surface area contributed by atoms with E-state index in [0.717, 1.165) is 108 Å². The number of rotatable bonds is 14. The lowest BCUT2D eigenvalue weighted by Gasteiger charge is -2.13. The van der Waals surface area contributed by atoms with Gasteiger partial charge in [-0.25, -0.2) is 14.6 Å². The lowest BCUT2D eigenvalue weighted by Crippen LogP contribution is -2.06. The first-order chi connectivity index (χ1) is 27.2. The first kappa shape index (κ1) is 38.4. The van der Waals surface area contributed by atoms with E-state index in [1.807, 2.05) is 36.4 Å². The number of nitrogens with one attached hydrogen (secondary N) is 2. The lowest BCUT2D eigenvalue weighted by atomic mass is 9.97. The van der Waals surface area contributed by atoms with E-state index >= 15 is 0 Å². The molecule has 3 aromatic heterocycles. The monoisotopic (exact) mass is 752 g/mol. The number of carbonyl (C=O) groups is 2. The maximum Gasteiger partial charge on any atom is 0.335 e. The van der Waals surface area contributed by atoms with Crippen molar-refractivity contribution in [2.24, 2.45) is 0 Å². The van der Waals surface area contributed by atoms with Crippen LogP contribution in [0.3, 0.4) is 0 Å². The Labute approximate surface area is 325 Å². The molecule has 0 spiro atoms. The van der Waals surface area contributed by atoms with Crippen LogP contribution >= 0.6 is 0 Å². The Kier molecular flexibility index (Phi) is 11.6. The average molecular weight is 753 g/mol. The molecular weight excluding hydrogens is 705 g/mol. The number of carboxylic acids is 2. The predicted octanol–water partition coefficient (Wildman–Crippen LogP) is 10.2. The number of hydrogen-bond acceptors (Lipinski definition) is 6. The van der Waals surface area contributed by atoms with E-state index in [0.29, 0.717) is 28.8 Å². The number of nitrogens with zero attached hydrogens (tertiary/aromatic N) is 2. The molecule has 56 heavy (non-hydrogen) atoms. The van der Waals surface area contributed by atoms with Gasteiger partial charge in [0.05, 0.1) is 33.9 Å². The number of benzene rings is 2. The van der Waals surface area contributed by atoms with Gasteiger partial charge in [0, 0.05) is 38.8 Å². The molecule has 8 bridgehead atoms. The second-order valence-electron chi connectivity index (χ2n) is 14.7. The summed E-state index contributed by atoms with van der Waals surface area (Å²) in [6.07, 6.45) is 10.9. The average Bonchev–Trinajstić information content (AvgIpc) is 4.03. The second kappa shape index (κ2) is 16.9. The zero-order chi connectivity index (χ0) is 39.3. The molecule has 0 radical (unpaired) electrons. The third-order valence-electron chi connectivity index (χ3n) is 10.8. The third kappa shape index (κ3) is 7.80.